The fraction of sp³-hybridized carbons (Fsp3) is 0.235. The molecule has 0 bridgehead atoms. The van der Waals surface area contributed by atoms with Gasteiger partial charge in [0.05, 0.1) is 17.9 Å². The number of hydrogen-bond acceptors (Lipinski definition) is 3. The van der Waals surface area contributed by atoms with Gasteiger partial charge in [-0.15, -0.1) is 0 Å². The maximum absolute atomic E-state index is 12.9. The van der Waals surface area contributed by atoms with Crippen molar-refractivity contribution in [1.29, 1.82) is 0 Å². The van der Waals surface area contributed by atoms with Gasteiger partial charge in [-0.2, -0.15) is 0 Å². The Balaban J connectivity index is 2.20. The smallest absolute Gasteiger partial charge is 0.340 e. The molecule has 0 saturated heterocycles. The lowest BCUT2D eigenvalue weighted by atomic mass is 10.1. The van der Waals surface area contributed by atoms with Crippen LogP contribution in [-0.4, -0.2) is 19.6 Å². The van der Waals surface area contributed by atoms with E-state index in [-0.39, 0.29) is 11.8 Å². The molecule has 0 aliphatic rings. The molecule has 3 nitrogen and oxygen atoms in total. The van der Waals surface area contributed by atoms with Gasteiger partial charge in [0.2, 0.25) is 0 Å². The fourth-order valence-corrected chi connectivity index (χ4v) is 2.14. The van der Waals surface area contributed by atoms with Gasteiger partial charge in [0.15, 0.2) is 0 Å². The van der Waals surface area contributed by atoms with Crippen LogP contribution in [0.3, 0.4) is 0 Å². The lowest BCUT2D eigenvalue weighted by molar-refractivity contribution is 0.0527. The summed E-state index contributed by atoms with van der Waals surface area (Å²) in [7, 11) is 1.89. The topological polar surface area (TPSA) is 29.5 Å². The van der Waals surface area contributed by atoms with Crippen LogP contribution in [0.2, 0.25) is 0 Å². The number of benzene rings is 2. The van der Waals surface area contributed by atoms with Gasteiger partial charge in [0, 0.05) is 13.6 Å². The predicted octanol–water partition coefficient (Wildman–Crippen LogP) is 3.64. The first-order valence-electron chi connectivity index (χ1n) is 6.83. The standard InChI is InChI=1S/C17H18FNO2/c1-3-21-17(20)15-6-4-5-7-16(15)19(2)12-13-8-10-14(18)11-9-13/h4-11H,3,12H2,1-2H3. The van der Waals surface area contributed by atoms with Gasteiger partial charge in [-0.05, 0) is 36.8 Å². The van der Waals surface area contributed by atoms with E-state index in [0.717, 1.165) is 11.3 Å². The molecular formula is C17H18FNO2. The quantitative estimate of drug-likeness (QED) is 0.786. The summed E-state index contributed by atoms with van der Waals surface area (Å²) in [6.07, 6.45) is 0. The highest BCUT2D eigenvalue weighted by molar-refractivity contribution is 5.95. The average molecular weight is 287 g/mol. The van der Waals surface area contributed by atoms with Gasteiger partial charge >= 0.3 is 5.97 Å². The molecule has 0 spiro atoms. The van der Waals surface area contributed by atoms with Crippen molar-refractivity contribution in [3.05, 3.63) is 65.5 Å². The molecule has 0 amide bonds. The van der Waals surface area contributed by atoms with Gasteiger partial charge in [0.25, 0.3) is 0 Å². The number of esters is 1. The van der Waals surface area contributed by atoms with Gasteiger partial charge in [-0.1, -0.05) is 24.3 Å². The second kappa shape index (κ2) is 6.88. The number of ether oxygens (including phenoxy) is 1. The Morgan fingerprint density at radius 3 is 2.48 bits per heavy atom. The number of anilines is 1. The van der Waals surface area contributed by atoms with E-state index in [4.69, 9.17) is 4.74 Å². The van der Waals surface area contributed by atoms with Crippen molar-refractivity contribution in [2.45, 2.75) is 13.5 Å². The summed E-state index contributed by atoms with van der Waals surface area (Å²) < 4.78 is 18.0. The predicted molar refractivity (Wildman–Crippen MR) is 80.9 cm³/mol. The van der Waals surface area contributed by atoms with Crippen LogP contribution in [0.1, 0.15) is 22.8 Å². The Morgan fingerprint density at radius 1 is 1.14 bits per heavy atom. The number of carbonyl (C=O) groups excluding carboxylic acids is 1. The first kappa shape index (κ1) is 15.0. The molecule has 0 atom stereocenters. The van der Waals surface area contributed by atoms with Crippen molar-refractivity contribution in [2.24, 2.45) is 0 Å². The van der Waals surface area contributed by atoms with Crippen molar-refractivity contribution in [3.8, 4) is 0 Å². The molecule has 0 fully saturated rings. The first-order valence-corrected chi connectivity index (χ1v) is 6.83. The van der Waals surface area contributed by atoms with Gasteiger partial charge in [-0.3, -0.25) is 0 Å². The van der Waals surface area contributed by atoms with E-state index in [1.807, 2.05) is 30.1 Å². The molecule has 0 aliphatic carbocycles. The third-order valence-corrected chi connectivity index (χ3v) is 3.14. The molecule has 2 aromatic rings. The minimum atomic E-state index is -0.334. The van der Waals surface area contributed by atoms with E-state index in [9.17, 15) is 9.18 Å². The summed E-state index contributed by atoms with van der Waals surface area (Å²) >= 11 is 0. The van der Waals surface area contributed by atoms with Crippen LogP contribution in [0, 0.1) is 5.82 Å². The van der Waals surface area contributed by atoms with E-state index < -0.39 is 0 Å². The minimum Gasteiger partial charge on any atom is -0.462 e. The van der Waals surface area contributed by atoms with Crippen molar-refractivity contribution in [3.63, 3.8) is 0 Å². The van der Waals surface area contributed by atoms with E-state index in [1.165, 1.54) is 12.1 Å². The zero-order valence-corrected chi connectivity index (χ0v) is 12.2. The van der Waals surface area contributed by atoms with E-state index in [0.29, 0.717) is 18.7 Å². The summed E-state index contributed by atoms with van der Waals surface area (Å²) in [5, 5.41) is 0. The number of halogens is 1. The molecule has 0 aliphatic heterocycles. The van der Waals surface area contributed by atoms with Crippen LogP contribution in [-0.2, 0) is 11.3 Å². The zero-order chi connectivity index (χ0) is 15.2. The Bertz CT molecular complexity index is 610. The highest BCUT2D eigenvalue weighted by Gasteiger charge is 2.14. The second-order valence-corrected chi connectivity index (χ2v) is 4.72. The zero-order valence-electron chi connectivity index (χ0n) is 12.2. The summed E-state index contributed by atoms with van der Waals surface area (Å²) in [5.41, 5.74) is 2.29. The largest absolute Gasteiger partial charge is 0.462 e. The SMILES string of the molecule is CCOC(=O)c1ccccc1N(C)Cc1ccc(F)cc1. The molecule has 0 saturated carbocycles. The van der Waals surface area contributed by atoms with E-state index in [2.05, 4.69) is 0 Å². The lowest BCUT2D eigenvalue weighted by Gasteiger charge is -2.22. The number of rotatable bonds is 5. The number of nitrogens with zero attached hydrogens (tertiary/aromatic N) is 1. The summed E-state index contributed by atoms with van der Waals surface area (Å²) in [6.45, 7) is 2.70. The molecule has 0 heterocycles. The fourth-order valence-electron chi connectivity index (χ4n) is 2.14. The molecule has 21 heavy (non-hydrogen) atoms. The van der Waals surface area contributed by atoms with Crippen molar-refractivity contribution >= 4 is 11.7 Å². The minimum absolute atomic E-state index is 0.256. The molecule has 2 aromatic carbocycles. The highest BCUT2D eigenvalue weighted by atomic mass is 19.1. The Kier molecular flexibility index (Phi) is 4.93. The van der Waals surface area contributed by atoms with E-state index >= 15 is 0 Å². The summed E-state index contributed by atoms with van der Waals surface area (Å²) in [4.78, 5) is 13.9. The van der Waals surface area contributed by atoms with Gasteiger partial charge < -0.3 is 9.64 Å². The molecule has 0 aromatic heterocycles. The Hall–Kier alpha value is -2.36. The van der Waals surface area contributed by atoms with Crippen LogP contribution in [0.25, 0.3) is 0 Å². The molecule has 110 valence electrons. The van der Waals surface area contributed by atoms with Crippen molar-refractivity contribution < 1.29 is 13.9 Å². The molecular weight excluding hydrogens is 269 g/mol. The molecule has 4 heteroatoms. The second-order valence-electron chi connectivity index (χ2n) is 4.72. The van der Waals surface area contributed by atoms with Crippen LogP contribution in [0.15, 0.2) is 48.5 Å². The highest BCUT2D eigenvalue weighted by Crippen LogP contribution is 2.22. The maximum Gasteiger partial charge on any atom is 0.340 e. The monoisotopic (exact) mass is 287 g/mol. The number of para-hydroxylation sites is 1. The molecule has 2 rings (SSSR count). The van der Waals surface area contributed by atoms with Crippen LogP contribution < -0.4 is 4.90 Å². The maximum atomic E-state index is 12.9. The Labute approximate surface area is 124 Å². The summed E-state index contributed by atoms with van der Waals surface area (Å²) in [6, 6.07) is 13.6. The van der Waals surface area contributed by atoms with Crippen LogP contribution in [0.4, 0.5) is 10.1 Å². The summed E-state index contributed by atoms with van der Waals surface area (Å²) in [5.74, 6) is -0.590. The third kappa shape index (κ3) is 3.81. The van der Waals surface area contributed by atoms with Crippen LogP contribution >= 0.6 is 0 Å². The first-order chi connectivity index (χ1) is 10.1. The van der Waals surface area contributed by atoms with Crippen molar-refractivity contribution in [1.82, 2.24) is 0 Å². The lowest BCUT2D eigenvalue weighted by Crippen LogP contribution is -2.20. The average Bonchev–Trinajstić information content (AvgIpc) is 2.50. The molecule has 0 N–H and O–H groups in total. The molecule has 0 radical (unpaired) electrons. The number of carbonyl (C=O) groups is 1. The van der Waals surface area contributed by atoms with Crippen LogP contribution in [0.5, 0.6) is 0 Å². The Morgan fingerprint density at radius 2 is 1.81 bits per heavy atom. The third-order valence-electron chi connectivity index (χ3n) is 3.14. The van der Waals surface area contributed by atoms with Gasteiger partial charge in [0.1, 0.15) is 5.82 Å². The van der Waals surface area contributed by atoms with E-state index in [1.54, 1.807) is 25.1 Å². The number of hydrogen-bond donors (Lipinski definition) is 0. The van der Waals surface area contributed by atoms with Gasteiger partial charge in [-0.25, -0.2) is 9.18 Å². The molecule has 0 unspecified atom stereocenters. The van der Waals surface area contributed by atoms with Crippen molar-refractivity contribution in [2.75, 3.05) is 18.6 Å². The normalized spacial score (nSPS) is 10.2.